The standard InChI is InChI=1S/C73H138O6/c1-4-7-10-13-16-19-22-25-28-30-32-34-36-38-39-41-43-45-48-51-54-57-60-63-66-72(75)78-69-70(68-77-71(74)65-62-59-56-53-50-47-27-24-21-18-15-12-9-6-3)79-73(76)67-64-61-58-55-52-49-46-44-42-40-37-35-33-31-29-26-23-20-17-14-11-8-5-2/h24,27,31,33,70H,4-23,25-26,28-30,32,34-69H2,1-3H3/b27-24-,33-31-. The van der Waals surface area contributed by atoms with Crippen molar-refractivity contribution in [2.45, 2.75) is 412 Å². The molecule has 0 aromatic heterocycles. The molecule has 0 N–H and O–H groups in total. The van der Waals surface area contributed by atoms with E-state index in [4.69, 9.17) is 14.2 Å². The summed E-state index contributed by atoms with van der Waals surface area (Å²) in [5, 5.41) is 0. The molecule has 0 aromatic rings. The zero-order valence-electron chi connectivity index (χ0n) is 53.7. The molecule has 0 aliphatic heterocycles. The lowest BCUT2D eigenvalue weighted by Gasteiger charge is -2.18. The lowest BCUT2D eigenvalue weighted by molar-refractivity contribution is -0.167. The SMILES string of the molecule is CCCCCCC/C=C\CCCCCCCC(=O)OCC(COC(=O)CCCCCCCCCCCCCCCCCCCCCCCCCC)OC(=O)CCCCCCCCCCCCC/C=C\CCCCCCCCCC. The molecule has 6 heteroatoms. The molecular formula is C73H138O6. The number of carbonyl (C=O) groups is 3. The van der Waals surface area contributed by atoms with Crippen LogP contribution in [0.25, 0.3) is 0 Å². The number of unbranched alkanes of at least 4 members (excludes halogenated alkanes) is 52. The maximum absolute atomic E-state index is 13.0. The van der Waals surface area contributed by atoms with Crippen LogP contribution in [-0.2, 0) is 28.6 Å². The molecule has 466 valence electrons. The van der Waals surface area contributed by atoms with Crippen molar-refractivity contribution in [3.8, 4) is 0 Å². The van der Waals surface area contributed by atoms with E-state index in [1.165, 1.54) is 302 Å². The predicted octanol–water partition coefficient (Wildman–Crippen LogP) is 24.6. The average molecular weight is 1110 g/mol. The van der Waals surface area contributed by atoms with Crippen molar-refractivity contribution >= 4 is 17.9 Å². The number of hydrogen-bond donors (Lipinski definition) is 0. The third-order valence-corrected chi connectivity index (χ3v) is 16.4. The minimum Gasteiger partial charge on any atom is -0.462 e. The Morgan fingerprint density at radius 3 is 0.633 bits per heavy atom. The summed E-state index contributed by atoms with van der Waals surface area (Å²) in [6.07, 6.45) is 83.5. The van der Waals surface area contributed by atoms with Gasteiger partial charge in [0.2, 0.25) is 0 Å². The van der Waals surface area contributed by atoms with Crippen LogP contribution in [0, 0.1) is 0 Å². The lowest BCUT2D eigenvalue weighted by Crippen LogP contribution is -2.30. The molecule has 79 heavy (non-hydrogen) atoms. The van der Waals surface area contributed by atoms with Gasteiger partial charge in [0.25, 0.3) is 0 Å². The lowest BCUT2D eigenvalue weighted by atomic mass is 10.0. The highest BCUT2D eigenvalue weighted by Crippen LogP contribution is 2.19. The summed E-state index contributed by atoms with van der Waals surface area (Å²) in [7, 11) is 0. The van der Waals surface area contributed by atoms with Crippen LogP contribution in [0.1, 0.15) is 406 Å². The molecule has 0 rings (SSSR count). The average Bonchev–Trinajstić information content (AvgIpc) is 3.45. The van der Waals surface area contributed by atoms with Gasteiger partial charge >= 0.3 is 17.9 Å². The first-order valence-corrected chi connectivity index (χ1v) is 35.8. The monoisotopic (exact) mass is 1110 g/mol. The minimum atomic E-state index is -0.773. The van der Waals surface area contributed by atoms with Crippen LogP contribution < -0.4 is 0 Å². The summed E-state index contributed by atoms with van der Waals surface area (Å²) in [6, 6.07) is 0. The van der Waals surface area contributed by atoms with Gasteiger partial charge in [0.15, 0.2) is 6.10 Å². The molecule has 0 radical (unpaired) electrons. The van der Waals surface area contributed by atoms with Crippen molar-refractivity contribution < 1.29 is 28.6 Å². The largest absolute Gasteiger partial charge is 0.462 e. The number of hydrogen-bond acceptors (Lipinski definition) is 6. The molecule has 0 aliphatic rings. The number of allylic oxidation sites excluding steroid dienone is 4. The summed E-state index contributed by atoms with van der Waals surface area (Å²) in [5.41, 5.74) is 0. The first-order chi connectivity index (χ1) is 39.0. The molecule has 0 spiro atoms. The third-order valence-electron chi connectivity index (χ3n) is 16.4. The minimum absolute atomic E-state index is 0.0684. The van der Waals surface area contributed by atoms with Gasteiger partial charge in [-0.2, -0.15) is 0 Å². The first-order valence-electron chi connectivity index (χ1n) is 35.8. The highest BCUT2D eigenvalue weighted by Gasteiger charge is 2.19. The van der Waals surface area contributed by atoms with Gasteiger partial charge in [-0.05, 0) is 70.6 Å². The van der Waals surface area contributed by atoms with Crippen LogP contribution in [0.2, 0.25) is 0 Å². The Morgan fingerprint density at radius 2 is 0.418 bits per heavy atom. The number of rotatable bonds is 67. The summed E-state index contributed by atoms with van der Waals surface area (Å²) in [4.78, 5) is 38.4. The second-order valence-corrected chi connectivity index (χ2v) is 24.5. The fourth-order valence-corrected chi connectivity index (χ4v) is 11.0. The second-order valence-electron chi connectivity index (χ2n) is 24.5. The maximum atomic E-state index is 13.0. The number of esters is 3. The smallest absolute Gasteiger partial charge is 0.306 e. The van der Waals surface area contributed by atoms with Crippen LogP contribution in [0.15, 0.2) is 24.3 Å². The van der Waals surface area contributed by atoms with E-state index >= 15 is 0 Å². The maximum Gasteiger partial charge on any atom is 0.306 e. The number of ether oxygens (including phenoxy) is 3. The number of carbonyl (C=O) groups excluding carboxylic acids is 3. The zero-order chi connectivity index (χ0) is 57.1. The van der Waals surface area contributed by atoms with E-state index in [0.29, 0.717) is 19.3 Å². The summed E-state index contributed by atoms with van der Waals surface area (Å²) >= 11 is 0. The van der Waals surface area contributed by atoms with E-state index in [1.54, 1.807) is 0 Å². The molecular weight excluding hydrogens is 973 g/mol. The van der Waals surface area contributed by atoms with E-state index in [-0.39, 0.29) is 31.1 Å². The van der Waals surface area contributed by atoms with Gasteiger partial charge in [0.1, 0.15) is 13.2 Å². The molecule has 0 saturated heterocycles. The van der Waals surface area contributed by atoms with Crippen molar-refractivity contribution in [3.05, 3.63) is 24.3 Å². The van der Waals surface area contributed by atoms with Gasteiger partial charge < -0.3 is 14.2 Å². The highest BCUT2D eigenvalue weighted by atomic mass is 16.6. The topological polar surface area (TPSA) is 78.9 Å². The van der Waals surface area contributed by atoms with E-state index in [2.05, 4.69) is 45.1 Å². The molecule has 6 nitrogen and oxygen atoms in total. The Morgan fingerprint density at radius 1 is 0.241 bits per heavy atom. The molecule has 0 aromatic carbocycles. The van der Waals surface area contributed by atoms with Gasteiger partial charge in [-0.15, -0.1) is 0 Å². The van der Waals surface area contributed by atoms with Gasteiger partial charge in [0.05, 0.1) is 0 Å². The third kappa shape index (κ3) is 66.6. The van der Waals surface area contributed by atoms with E-state index < -0.39 is 6.10 Å². The Balaban J connectivity index is 4.24. The normalized spacial score (nSPS) is 12.1. The Bertz CT molecular complexity index is 1270. The van der Waals surface area contributed by atoms with Crippen LogP contribution in [0.5, 0.6) is 0 Å². The molecule has 0 bridgehead atoms. The fourth-order valence-electron chi connectivity index (χ4n) is 11.0. The Hall–Kier alpha value is -2.11. The van der Waals surface area contributed by atoms with Gasteiger partial charge in [0, 0.05) is 19.3 Å². The van der Waals surface area contributed by atoms with Gasteiger partial charge in [-0.1, -0.05) is 340 Å². The molecule has 0 heterocycles. The van der Waals surface area contributed by atoms with Crippen LogP contribution >= 0.6 is 0 Å². The van der Waals surface area contributed by atoms with Crippen molar-refractivity contribution in [2.24, 2.45) is 0 Å². The Kier molecular flexibility index (Phi) is 66.6. The fraction of sp³-hybridized carbons (Fsp3) is 0.904. The second kappa shape index (κ2) is 68.4. The van der Waals surface area contributed by atoms with Gasteiger partial charge in [-0.25, -0.2) is 0 Å². The van der Waals surface area contributed by atoms with Crippen LogP contribution in [-0.4, -0.2) is 37.2 Å². The summed E-state index contributed by atoms with van der Waals surface area (Å²) < 4.78 is 17.0. The van der Waals surface area contributed by atoms with E-state index in [9.17, 15) is 14.4 Å². The molecule has 1 atom stereocenters. The quantitative estimate of drug-likeness (QED) is 0.0261. The molecule has 0 aliphatic carbocycles. The molecule has 0 saturated carbocycles. The first kappa shape index (κ1) is 76.9. The van der Waals surface area contributed by atoms with Crippen LogP contribution in [0.4, 0.5) is 0 Å². The summed E-state index contributed by atoms with van der Waals surface area (Å²) in [6.45, 7) is 6.71. The van der Waals surface area contributed by atoms with Crippen molar-refractivity contribution in [1.29, 1.82) is 0 Å². The highest BCUT2D eigenvalue weighted by molar-refractivity contribution is 5.71. The van der Waals surface area contributed by atoms with Gasteiger partial charge in [-0.3, -0.25) is 14.4 Å². The predicted molar refractivity (Wildman–Crippen MR) is 344 cm³/mol. The van der Waals surface area contributed by atoms with Crippen molar-refractivity contribution in [3.63, 3.8) is 0 Å². The van der Waals surface area contributed by atoms with Crippen molar-refractivity contribution in [2.75, 3.05) is 13.2 Å². The van der Waals surface area contributed by atoms with E-state index in [1.807, 2.05) is 0 Å². The van der Waals surface area contributed by atoms with E-state index in [0.717, 1.165) is 64.2 Å². The molecule has 0 fully saturated rings. The van der Waals surface area contributed by atoms with Crippen LogP contribution in [0.3, 0.4) is 0 Å². The molecule has 1 unspecified atom stereocenters. The Labute approximate surface area is 493 Å². The molecule has 0 amide bonds. The van der Waals surface area contributed by atoms with Crippen molar-refractivity contribution in [1.82, 2.24) is 0 Å². The zero-order valence-corrected chi connectivity index (χ0v) is 53.7. The summed E-state index contributed by atoms with van der Waals surface area (Å²) in [5.74, 6) is -0.846.